The summed E-state index contributed by atoms with van der Waals surface area (Å²) in [5.74, 6) is -2.50. The molecule has 1 aliphatic rings. The number of nitrogens with two attached hydrogens (primary N) is 1. The van der Waals surface area contributed by atoms with Gasteiger partial charge in [0.2, 0.25) is 5.91 Å². The number of amides is 1. The van der Waals surface area contributed by atoms with E-state index in [1.807, 2.05) is 20.8 Å². The van der Waals surface area contributed by atoms with Crippen molar-refractivity contribution in [1.82, 2.24) is 10.6 Å². The molecule has 0 spiro atoms. The molecule has 2 aromatic rings. The Morgan fingerprint density at radius 1 is 1.19 bits per heavy atom. The van der Waals surface area contributed by atoms with Gasteiger partial charge in [-0.05, 0) is 48.1 Å². The Bertz CT molecular complexity index is 1100. The lowest BCUT2D eigenvalue weighted by molar-refractivity contribution is -0.123. The number of rotatable bonds is 8. The Balaban J connectivity index is 2.15. The number of aliphatic hydroxyl groups is 2. The van der Waals surface area contributed by atoms with Gasteiger partial charge < -0.3 is 26.6 Å². The highest BCUT2D eigenvalue weighted by Gasteiger charge is 2.57. The van der Waals surface area contributed by atoms with Gasteiger partial charge in [0.15, 0.2) is 0 Å². The minimum atomic E-state index is -1.43. The number of benzene rings is 2. The molecule has 0 saturated carbocycles. The first-order chi connectivity index (χ1) is 16.8. The second kappa shape index (κ2) is 11.3. The number of carbonyl (C=O) groups excluding carboxylic acids is 1. The molecule has 10 heteroatoms. The van der Waals surface area contributed by atoms with Crippen LogP contribution in [0.3, 0.4) is 0 Å². The third-order valence-electron chi connectivity index (χ3n) is 6.59. The largest absolute Gasteiger partial charge is 0.394 e. The third kappa shape index (κ3) is 6.18. The zero-order chi connectivity index (χ0) is 26.8. The van der Waals surface area contributed by atoms with Gasteiger partial charge in [0.25, 0.3) is 0 Å². The fourth-order valence-electron chi connectivity index (χ4n) is 4.94. The van der Waals surface area contributed by atoms with Crippen molar-refractivity contribution in [2.45, 2.75) is 63.3 Å². The van der Waals surface area contributed by atoms with E-state index in [4.69, 9.17) is 34.0 Å². The zero-order valence-electron chi connectivity index (χ0n) is 20.5. The molecule has 1 aliphatic heterocycles. The fourth-order valence-corrected chi connectivity index (χ4v) is 5.29. The molecular formula is C26H33Cl2F2N3O3. The van der Waals surface area contributed by atoms with E-state index in [9.17, 15) is 14.3 Å². The molecule has 2 aromatic carbocycles. The number of nitrogens with one attached hydrogen (secondary N) is 2. The van der Waals surface area contributed by atoms with Crippen LogP contribution in [0.15, 0.2) is 36.4 Å². The second-order valence-corrected chi connectivity index (χ2v) is 11.4. The molecule has 0 bridgehead atoms. The lowest BCUT2D eigenvalue weighted by Crippen LogP contribution is -2.52. The maximum atomic E-state index is 15.4. The van der Waals surface area contributed by atoms with Crippen LogP contribution in [0.5, 0.6) is 0 Å². The lowest BCUT2D eigenvalue weighted by atomic mass is 9.68. The molecule has 0 aromatic heterocycles. The van der Waals surface area contributed by atoms with E-state index in [-0.39, 0.29) is 34.0 Å². The molecular weight excluding hydrogens is 511 g/mol. The molecule has 0 radical (unpaired) electrons. The number of hydrogen-bond donors (Lipinski definition) is 5. The Hall–Kier alpha value is -1.81. The molecule has 198 valence electrons. The summed E-state index contributed by atoms with van der Waals surface area (Å²) in [5.41, 5.74) is 6.10. The van der Waals surface area contributed by atoms with Crippen LogP contribution in [-0.4, -0.2) is 47.5 Å². The molecule has 6 N–H and O–H groups in total. The first-order valence-corrected chi connectivity index (χ1v) is 12.6. The molecule has 5 atom stereocenters. The van der Waals surface area contributed by atoms with E-state index in [0.29, 0.717) is 12.0 Å². The van der Waals surface area contributed by atoms with Crippen molar-refractivity contribution >= 4 is 29.1 Å². The maximum absolute atomic E-state index is 15.4. The molecule has 6 nitrogen and oxygen atoms in total. The van der Waals surface area contributed by atoms with Gasteiger partial charge in [-0.2, -0.15) is 0 Å². The highest BCUT2D eigenvalue weighted by Crippen LogP contribution is 2.49. The first kappa shape index (κ1) is 28.8. The van der Waals surface area contributed by atoms with E-state index in [0.717, 1.165) is 0 Å². The molecule has 0 aliphatic carbocycles. The van der Waals surface area contributed by atoms with E-state index < -0.39 is 53.8 Å². The molecule has 1 amide bonds. The Labute approximate surface area is 220 Å². The fraction of sp³-hybridized carbons (Fsp3) is 0.500. The van der Waals surface area contributed by atoms with Crippen LogP contribution in [-0.2, 0) is 10.3 Å². The standard InChI is InChI=1S/C26H33Cl2F2N3O3/c1-25(2,3)12-21-26(31,17-6-5-15(27)11-20(17)30)22(14-4-7-19(29)18(28)10-14)23(33-21)24(36)32-9-8-16(35)13-34/h4-7,10-11,16,21-23,33-35H,8-9,12-13,31H2,1-3H3,(H,32,36)/t16-,21-,22-,23?,26+/m0/s1. The van der Waals surface area contributed by atoms with Crippen molar-refractivity contribution < 1.29 is 23.8 Å². The van der Waals surface area contributed by atoms with Crippen LogP contribution in [0.1, 0.15) is 50.7 Å². The van der Waals surface area contributed by atoms with Crippen LogP contribution in [0, 0.1) is 17.0 Å². The summed E-state index contributed by atoms with van der Waals surface area (Å²) in [6, 6.07) is 6.86. The summed E-state index contributed by atoms with van der Waals surface area (Å²) in [7, 11) is 0. The van der Waals surface area contributed by atoms with Gasteiger partial charge in [-0.25, -0.2) is 8.78 Å². The molecule has 3 rings (SSSR count). The molecule has 1 heterocycles. The lowest BCUT2D eigenvalue weighted by Gasteiger charge is -2.39. The van der Waals surface area contributed by atoms with Gasteiger partial charge in [-0.3, -0.25) is 4.79 Å². The van der Waals surface area contributed by atoms with Gasteiger partial charge >= 0.3 is 0 Å². The van der Waals surface area contributed by atoms with Crippen molar-refractivity contribution in [2.24, 2.45) is 11.1 Å². The van der Waals surface area contributed by atoms with Crippen molar-refractivity contribution in [1.29, 1.82) is 0 Å². The molecule has 1 fully saturated rings. The zero-order valence-corrected chi connectivity index (χ0v) is 22.0. The van der Waals surface area contributed by atoms with E-state index in [1.54, 1.807) is 6.07 Å². The molecule has 36 heavy (non-hydrogen) atoms. The Morgan fingerprint density at radius 2 is 1.89 bits per heavy atom. The van der Waals surface area contributed by atoms with Crippen LogP contribution in [0.2, 0.25) is 10.0 Å². The minimum absolute atomic E-state index is 0.104. The quantitative estimate of drug-likeness (QED) is 0.347. The van der Waals surface area contributed by atoms with Gasteiger partial charge in [0.05, 0.1) is 29.3 Å². The average Bonchev–Trinajstić information content (AvgIpc) is 3.06. The van der Waals surface area contributed by atoms with Crippen LogP contribution in [0.4, 0.5) is 8.78 Å². The number of carbonyl (C=O) groups is 1. The number of halogens is 4. The summed E-state index contributed by atoms with van der Waals surface area (Å²) in [4.78, 5) is 13.4. The van der Waals surface area contributed by atoms with Gasteiger partial charge in [0, 0.05) is 29.1 Å². The smallest absolute Gasteiger partial charge is 0.237 e. The van der Waals surface area contributed by atoms with Crippen molar-refractivity contribution in [2.75, 3.05) is 13.2 Å². The third-order valence-corrected chi connectivity index (χ3v) is 7.12. The van der Waals surface area contributed by atoms with Crippen molar-refractivity contribution in [3.05, 3.63) is 69.2 Å². The predicted molar refractivity (Wildman–Crippen MR) is 137 cm³/mol. The molecule has 1 saturated heterocycles. The predicted octanol–water partition coefficient (Wildman–Crippen LogP) is 3.85. The van der Waals surface area contributed by atoms with Gasteiger partial charge in [-0.15, -0.1) is 0 Å². The SMILES string of the molecule is CC(C)(C)C[C@@H]1NC(C(=O)NCC[C@H](O)CO)[C@H](c2ccc(F)c(Cl)c2)[C@@]1(N)c1ccc(Cl)cc1F. The summed E-state index contributed by atoms with van der Waals surface area (Å²) in [5, 5.41) is 24.8. The first-order valence-electron chi connectivity index (χ1n) is 11.8. The Kier molecular flexibility index (Phi) is 9.02. The minimum Gasteiger partial charge on any atom is -0.394 e. The highest BCUT2D eigenvalue weighted by molar-refractivity contribution is 6.31. The summed E-state index contributed by atoms with van der Waals surface area (Å²) >= 11 is 12.1. The normalized spacial score (nSPS) is 25.1. The summed E-state index contributed by atoms with van der Waals surface area (Å²) in [6.07, 6.45) is -0.337. The summed E-state index contributed by atoms with van der Waals surface area (Å²) in [6.45, 7) is 5.72. The van der Waals surface area contributed by atoms with E-state index in [2.05, 4.69) is 10.6 Å². The summed E-state index contributed by atoms with van der Waals surface area (Å²) < 4.78 is 29.5. The van der Waals surface area contributed by atoms with Gasteiger partial charge in [-0.1, -0.05) is 56.1 Å². The highest BCUT2D eigenvalue weighted by atomic mass is 35.5. The average molecular weight is 544 g/mol. The van der Waals surface area contributed by atoms with Crippen LogP contribution in [0.25, 0.3) is 0 Å². The number of aliphatic hydroxyl groups excluding tert-OH is 2. The Morgan fingerprint density at radius 3 is 2.47 bits per heavy atom. The molecule has 1 unspecified atom stereocenters. The number of hydrogen-bond acceptors (Lipinski definition) is 5. The van der Waals surface area contributed by atoms with Crippen LogP contribution >= 0.6 is 23.2 Å². The van der Waals surface area contributed by atoms with Gasteiger partial charge in [0.1, 0.15) is 11.6 Å². The monoisotopic (exact) mass is 543 g/mol. The maximum Gasteiger partial charge on any atom is 0.237 e. The second-order valence-electron chi connectivity index (χ2n) is 10.6. The topological polar surface area (TPSA) is 108 Å². The van der Waals surface area contributed by atoms with Crippen LogP contribution < -0.4 is 16.4 Å². The van der Waals surface area contributed by atoms with E-state index in [1.165, 1.54) is 30.3 Å². The van der Waals surface area contributed by atoms with Crippen molar-refractivity contribution in [3.8, 4) is 0 Å². The van der Waals surface area contributed by atoms with E-state index >= 15 is 4.39 Å². The van der Waals surface area contributed by atoms with Crippen molar-refractivity contribution in [3.63, 3.8) is 0 Å².